The first-order valence-corrected chi connectivity index (χ1v) is 13.1. The topological polar surface area (TPSA) is 9.23 Å². The first-order chi connectivity index (χ1) is 15.9. The average molecular weight is 443 g/mol. The number of ether oxygens (including phenoxy) is 1. The van der Waals surface area contributed by atoms with Crippen molar-refractivity contribution in [3.05, 3.63) is 77.4 Å². The Bertz CT molecular complexity index is 1070. The van der Waals surface area contributed by atoms with Crippen molar-refractivity contribution in [2.24, 2.45) is 29.6 Å². The summed E-state index contributed by atoms with van der Waals surface area (Å²) >= 11 is 0. The SMILES string of the molecule is CCOc1ccccc1CC(C)CC(C)C1CC(C)C(c2cc(C)c3ccccc3c2)C1C. The molecule has 1 fully saturated rings. The van der Waals surface area contributed by atoms with E-state index in [9.17, 15) is 0 Å². The van der Waals surface area contributed by atoms with Crippen LogP contribution in [0.1, 0.15) is 70.1 Å². The van der Waals surface area contributed by atoms with E-state index in [0.717, 1.165) is 42.4 Å². The second-order valence-corrected chi connectivity index (χ2v) is 10.9. The van der Waals surface area contributed by atoms with E-state index in [1.54, 1.807) is 5.56 Å². The molecule has 1 aliphatic carbocycles. The standard InChI is InChI=1S/C32H42O/c1-7-33-31-15-11-9-13-27(31)17-21(2)16-22(3)30-19-24(5)32(25(30)6)28-18-23(4)29-14-10-8-12-26(29)20-28/h8-15,18,20-22,24-25,30,32H,7,16-17,19H2,1-6H3. The van der Waals surface area contributed by atoms with E-state index in [1.807, 2.05) is 0 Å². The molecule has 6 atom stereocenters. The number of fused-ring (bicyclic) bond motifs is 1. The minimum absolute atomic E-state index is 0.658. The van der Waals surface area contributed by atoms with Crippen molar-refractivity contribution in [2.75, 3.05) is 6.61 Å². The number of benzene rings is 3. The lowest BCUT2D eigenvalue weighted by molar-refractivity contribution is 0.241. The van der Waals surface area contributed by atoms with Gasteiger partial charge in [-0.05, 0) is 102 Å². The van der Waals surface area contributed by atoms with E-state index in [0.29, 0.717) is 11.8 Å². The number of para-hydroxylation sites is 1. The quantitative estimate of drug-likeness (QED) is 0.338. The Morgan fingerprint density at radius 1 is 0.970 bits per heavy atom. The molecule has 1 aliphatic rings. The van der Waals surface area contributed by atoms with Gasteiger partial charge in [0, 0.05) is 0 Å². The first-order valence-electron chi connectivity index (χ1n) is 13.1. The Kier molecular flexibility index (Phi) is 7.47. The maximum Gasteiger partial charge on any atom is 0.122 e. The van der Waals surface area contributed by atoms with Gasteiger partial charge in [0.05, 0.1) is 6.61 Å². The van der Waals surface area contributed by atoms with Gasteiger partial charge in [-0.25, -0.2) is 0 Å². The summed E-state index contributed by atoms with van der Waals surface area (Å²) < 4.78 is 5.88. The Labute approximate surface area is 201 Å². The fourth-order valence-corrected chi connectivity index (χ4v) is 6.92. The molecule has 0 N–H and O–H groups in total. The van der Waals surface area contributed by atoms with Crippen LogP contribution in [0.5, 0.6) is 5.75 Å². The first kappa shape index (κ1) is 23.9. The predicted molar refractivity (Wildman–Crippen MR) is 142 cm³/mol. The molecule has 0 aliphatic heterocycles. The summed E-state index contributed by atoms with van der Waals surface area (Å²) in [5, 5.41) is 2.79. The van der Waals surface area contributed by atoms with Crippen LogP contribution in [0.25, 0.3) is 10.8 Å². The van der Waals surface area contributed by atoms with E-state index < -0.39 is 0 Å². The van der Waals surface area contributed by atoms with Gasteiger partial charge in [0.1, 0.15) is 5.75 Å². The molecule has 0 aromatic heterocycles. The van der Waals surface area contributed by atoms with Gasteiger partial charge in [0.2, 0.25) is 0 Å². The van der Waals surface area contributed by atoms with Crippen molar-refractivity contribution >= 4 is 10.8 Å². The van der Waals surface area contributed by atoms with Crippen LogP contribution in [-0.2, 0) is 6.42 Å². The van der Waals surface area contributed by atoms with Crippen molar-refractivity contribution in [1.29, 1.82) is 0 Å². The predicted octanol–water partition coefficient (Wildman–Crippen LogP) is 8.83. The zero-order valence-electron chi connectivity index (χ0n) is 21.5. The number of rotatable bonds is 8. The number of hydrogen-bond donors (Lipinski definition) is 0. The Morgan fingerprint density at radius 2 is 1.70 bits per heavy atom. The summed E-state index contributed by atoms with van der Waals surface area (Å²) in [6.45, 7) is 15.0. The highest BCUT2D eigenvalue weighted by Gasteiger charge is 2.41. The minimum Gasteiger partial charge on any atom is -0.494 e. The summed E-state index contributed by atoms with van der Waals surface area (Å²) in [7, 11) is 0. The third-order valence-electron chi connectivity index (χ3n) is 8.32. The highest BCUT2D eigenvalue weighted by Crippen LogP contribution is 2.51. The molecule has 0 amide bonds. The van der Waals surface area contributed by atoms with Crippen LogP contribution in [0, 0.1) is 36.5 Å². The molecule has 1 heteroatoms. The van der Waals surface area contributed by atoms with E-state index in [1.165, 1.54) is 34.7 Å². The van der Waals surface area contributed by atoms with Gasteiger partial charge in [-0.1, -0.05) is 82.3 Å². The molecular weight excluding hydrogens is 400 g/mol. The van der Waals surface area contributed by atoms with Crippen LogP contribution in [-0.4, -0.2) is 6.61 Å². The highest BCUT2D eigenvalue weighted by atomic mass is 16.5. The molecule has 0 spiro atoms. The maximum atomic E-state index is 5.88. The normalized spacial score (nSPS) is 24.7. The molecule has 3 aromatic carbocycles. The van der Waals surface area contributed by atoms with Gasteiger partial charge < -0.3 is 4.74 Å². The molecule has 176 valence electrons. The summed E-state index contributed by atoms with van der Waals surface area (Å²) in [5.41, 5.74) is 4.33. The minimum atomic E-state index is 0.658. The molecule has 1 saturated carbocycles. The van der Waals surface area contributed by atoms with Crippen molar-refractivity contribution < 1.29 is 4.74 Å². The van der Waals surface area contributed by atoms with Gasteiger partial charge in [-0.3, -0.25) is 0 Å². The van der Waals surface area contributed by atoms with Gasteiger partial charge >= 0.3 is 0 Å². The van der Waals surface area contributed by atoms with E-state index >= 15 is 0 Å². The van der Waals surface area contributed by atoms with E-state index in [4.69, 9.17) is 4.74 Å². The fourth-order valence-electron chi connectivity index (χ4n) is 6.92. The Balaban J connectivity index is 1.46. The van der Waals surface area contributed by atoms with Crippen molar-refractivity contribution in [3.63, 3.8) is 0 Å². The molecule has 1 nitrogen and oxygen atoms in total. The molecular formula is C32H42O. The zero-order chi connectivity index (χ0) is 23.5. The fraction of sp³-hybridized carbons (Fsp3) is 0.500. The lowest BCUT2D eigenvalue weighted by Gasteiger charge is -2.29. The van der Waals surface area contributed by atoms with Crippen molar-refractivity contribution in [1.82, 2.24) is 0 Å². The third-order valence-corrected chi connectivity index (χ3v) is 8.32. The summed E-state index contributed by atoms with van der Waals surface area (Å²) in [5.74, 6) is 5.38. The van der Waals surface area contributed by atoms with Crippen LogP contribution in [0.15, 0.2) is 60.7 Å². The smallest absolute Gasteiger partial charge is 0.122 e. The summed E-state index contributed by atoms with van der Waals surface area (Å²) in [6.07, 6.45) is 3.73. The third kappa shape index (κ3) is 5.13. The van der Waals surface area contributed by atoms with Crippen molar-refractivity contribution in [3.8, 4) is 5.75 Å². The molecule has 0 heterocycles. The van der Waals surface area contributed by atoms with Crippen LogP contribution < -0.4 is 4.74 Å². The second-order valence-electron chi connectivity index (χ2n) is 10.9. The van der Waals surface area contributed by atoms with Crippen LogP contribution in [0.3, 0.4) is 0 Å². The molecule has 6 unspecified atom stereocenters. The average Bonchev–Trinajstić information content (AvgIpc) is 3.09. The lowest BCUT2D eigenvalue weighted by Crippen LogP contribution is -2.20. The molecule has 0 saturated heterocycles. The van der Waals surface area contributed by atoms with Crippen LogP contribution in [0.2, 0.25) is 0 Å². The van der Waals surface area contributed by atoms with Crippen molar-refractivity contribution in [2.45, 2.75) is 66.7 Å². The van der Waals surface area contributed by atoms with E-state index in [-0.39, 0.29) is 0 Å². The Morgan fingerprint density at radius 3 is 2.48 bits per heavy atom. The van der Waals surface area contributed by atoms with Gasteiger partial charge in [-0.2, -0.15) is 0 Å². The molecule has 33 heavy (non-hydrogen) atoms. The number of hydrogen-bond acceptors (Lipinski definition) is 1. The van der Waals surface area contributed by atoms with Gasteiger partial charge in [0.25, 0.3) is 0 Å². The van der Waals surface area contributed by atoms with Crippen LogP contribution in [0.4, 0.5) is 0 Å². The molecule has 0 radical (unpaired) electrons. The molecule has 4 rings (SSSR count). The lowest BCUT2D eigenvalue weighted by atomic mass is 9.76. The van der Waals surface area contributed by atoms with Gasteiger partial charge in [-0.15, -0.1) is 0 Å². The zero-order valence-corrected chi connectivity index (χ0v) is 21.5. The summed E-state index contributed by atoms with van der Waals surface area (Å²) in [6, 6.07) is 22.4. The number of aryl methyl sites for hydroxylation is 1. The van der Waals surface area contributed by atoms with Gasteiger partial charge in [0.15, 0.2) is 0 Å². The molecule has 3 aromatic rings. The maximum absolute atomic E-state index is 5.88. The molecule has 0 bridgehead atoms. The second kappa shape index (κ2) is 10.3. The van der Waals surface area contributed by atoms with Crippen LogP contribution >= 0.6 is 0 Å². The largest absolute Gasteiger partial charge is 0.494 e. The Hall–Kier alpha value is -2.28. The summed E-state index contributed by atoms with van der Waals surface area (Å²) in [4.78, 5) is 0. The highest BCUT2D eigenvalue weighted by molar-refractivity contribution is 5.86. The van der Waals surface area contributed by atoms with E-state index in [2.05, 4.69) is 102 Å². The monoisotopic (exact) mass is 442 g/mol.